The van der Waals surface area contributed by atoms with Gasteiger partial charge in [0.2, 0.25) is 0 Å². The van der Waals surface area contributed by atoms with E-state index in [4.69, 9.17) is 37.4 Å². The number of hydrogen-bond acceptors (Lipinski definition) is 6. The van der Waals surface area contributed by atoms with Crippen LogP contribution in [0.3, 0.4) is 0 Å². The van der Waals surface area contributed by atoms with Crippen molar-refractivity contribution < 1.29 is 19.3 Å². The molecule has 0 aliphatic carbocycles. The summed E-state index contributed by atoms with van der Waals surface area (Å²) in [5.74, 6) is 2.03. The summed E-state index contributed by atoms with van der Waals surface area (Å²) in [5, 5.41) is 16.4. The summed E-state index contributed by atoms with van der Waals surface area (Å²) in [6, 6.07) is 11.2. The maximum absolute atomic E-state index is 11.2. The summed E-state index contributed by atoms with van der Waals surface area (Å²) in [4.78, 5) is 2.36. The van der Waals surface area contributed by atoms with Gasteiger partial charge >= 0.3 is 0 Å². The number of rotatable bonds is 10. The highest BCUT2D eigenvalue weighted by Gasteiger charge is 2.31. The number of nitrogens with zero attached hydrogens (tertiary/aromatic N) is 3. The van der Waals surface area contributed by atoms with E-state index in [-0.39, 0.29) is 6.61 Å². The van der Waals surface area contributed by atoms with E-state index < -0.39 is 5.60 Å². The van der Waals surface area contributed by atoms with Gasteiger partial charge < -0.3 is 19.3 Å². The van der Waals surface area contributed by atoms with Crippen LogP contribution in [0.5, 0.6) is 17.2 Å². The molecule has 2 heterocycles. The summed E-state index contributed by atoms with van der Waals surface area (Å²) >= 11 is 12.1. The van der Waals surface area contributed by atoms with E-state index >= 15 is 0 Å². The molecule has 4 rings (SSSR count). The Morgan fingerprint density at radius 3 is 2.64 bits per heavy atom. The quantitative estimate of drug-likeness (QED) is 0.377. The van der Waals surface area contributed by atoms with Gasteiger partial charge in [-0.05, 0) is 68.1 Å². The van der Waals surface area contributed by atoms with Gasteiger partial charge in [0.25, 0.3) is 0 Å². The van der Waals surface area contributed by atoms with Gasteiger partial charge in [0.05, 0.1) is 35.5 Å². The van der Waals surface area contributed by atoms with Crippen LogP contribution in [0.1, 0.15) is 30.4 Å². The standard InChI is InChI=1S/C27H33Cl2N3O4/c1-20-16-30-32(17-20)12-13-35-26-14-21(4-7-25(26)34-2)18-31-10-3-8-27(33,9-11-31)19-36-22-5-6-23(28)24(29)15-22/h4-7,14-17,33H,3,8-13,18-19H2,1-2H3/t27-/m1/s1. The first-order chi connectivity index (χ1) is 17.3. The van der Waals surface area contributed by atoms with Crippen LogP contribution < -0.4 is 14.2 Å². The smallest absolute Gasteiger partial charge is 0.161 e. The molecule has 36 heavy (non-hydrogen) atoms. The van der Waals surface area contributed by atoms with Crippen molar-refractivity contribution in [1.29, 1.82) is 0 Å². The Hall–Kier alpha value is -2.45. The molecule has 1 aliphatic rings. The summed E-state index contributed by atoms with van der Waals surface area (Å²) in [6.07, 6.45) is 6.01. The van der Waals surface area contributed by atoms with Crippen LogP contribution >= 0.6 is 23.2 Å². The third-order valence-electron chi connectivity index (χ3n) is 6.38. The van der Waals surface area contributed by atoms with Gasteiger partial charge in [-0.25, -0.2) is 0 Å². The molecular weight excluding hydrogens is 501 g/mol. The van der Waals surface area contributed by atoms with Crippen LogP contribution in [0.25, 0.3) is 0 Å². The largest absolute Gasteiger partial charge is 0.493 e. The topological polar surface area (TPSA) is 69.0 Å². The van der Waals surface area contributed by atoms with Crippen molar-refractivity contribution in [3.05, 3.63) is 70.0 Å². The Bertz CT molecular complexity index is 1160. The lowest BCUT2D eigenvalue weighted by Crippen LogP contribution is -2.37. The lowest BCUT2D eigenvalue weighted by molar-refractivity contribution is -0.0168. The summed E-state index contributed by atoms with van der Waals surface area (Å²) in [6.45, 7) is 5.82. The van der Waals surface area contributed by atoms with Crippen molar-refractivity contribution in [2.45, 2.75) is 44.9 Å². The maximum atomic E-state index is 11.2. The van der Waals surface area contributed by atoms with Gasteiger partial charge in [-0.3, -0.25) is 9.58 Å². The normalized spacial score (nSPS) is 18.6. The second-order valence-corrected chi connectivity index (χ2v) is 10.1. The van der Waals surface area contributed by atoms with Crippen LogP contribution in [-0.4, -0.2) is 58.8 Å². The van der Waals surface area contributed by atoms with Gasteiger partial charge in [0.1, 0.15) is 19.0 Å². The van der Waals surface area contributed by atoms with Crippen molar-refractivity contribution >= 4 is 23.2 Å². The van der Waals surface area contributed by atoms with Crippen LogP contribution in [0, 0.1) is 6.92 Å². The predicted octanol–water partition coefficient (Wildman–Crippen LogP) is 5.38. The number of ether oxygens (including phenoxy) is 3. The monoisotopic (exact) mass is 533 g/mol. The number of likely N-dealkylation sites (tertiary alicyclic amines) is 1. The maximum Gasteiger partial charge on any atom is 0.161 e. The third-order valence-corrected chi connectivity index (χ3v) is 7.12. The van der Waals surface area contributed by atoms with Crippen molar-refractivity contribution in [3.8, 4) is 17.2 Å². The molecule has 0 amide bonds. The second-order valence-electron chi connectivity index (χ2n) is 9.33. The number of aryl methyl sites for hydroxylation is 1. The van der Waals surface area contributed by atoms with Gasteiger partial charge in [0.15, 0.2) is 11.5 Å². The molecule has 194 valence electrons. The average Bonchev–Trinajstić information content (AvgIpc) is 3.19. The second kappa shape index (κ2) is 12.2. The number of hydrogen-bond donors (Lipinski definition) is 1. The molecule has 0 saturated carbocycles. The van der Waals surface area contributed by atoms with Crippen LogP contribution in [0.2, 0.25) is 10.0 Å². The number of halogens is 2. The molecule has 1 aliphatic heterocycles. The first-order valence-electron chi connectivity index (χ1n) is 12.1. The Balaban J connectivity index is 1.31. The zero-order chi connectivity index (χ0) is 25.5. The fraction of sp³-hybridized carbons (Fsp3) is 0.444. The molecule has 7 nitrogen and oxygen atoms in total. The van der Waals surface area contributed by atoms with E-state index in [9.17, 15) is 5.11 Å². The molecule has 0 spiro atoms. The Labute approximate surface area is 222 Å². The minimum Gasteiger partial charge on any atom is -0.493 e. The number of aromatic nitrogens is 2. The van der Waals surface area contributed by atoms with Crippen molar-refractivity contribution in [3.63, 3.8) is 0 Å². The summed E-state index contributed by atoms with van der Waals surface area (Å²) < 4.78 is 19.3. The first-order valence-corrected chi connectivity index (χ1v) is 12.9. The van der Waals surface area contributed by atoms with E-state index in [1.54, 1.807) is 25.3 Å². The average molecular weight is 534 g/mol. The van der Waals surface area contributed by atoms with E-state index in [0.717, 1.165) is 42.9 Å². The van der Waals surface area contributed by atoms with E-state index in [1.807, 2.05) is 36.1 Å². The third kappa shape index (κ3) is 7.29. The Morgan fingerprint density at radius 1 is 1.03 bits per heavy atom. The van der Waals surface area contributed by atoms with E-state index in [1.165, 1.54) is 0 Å². The molecule has 1 fully saturated rings. The SMILES string of the molecule is COc1ccc(CN2CCC[C@](O)(COc3ccc(Cl)c(Cl)c3)CC2)cc1OCCn1cc(C)cn1. The molecule has 0 unspecified atom stereocenters. The molecular formula is C27H33Cl2N3O4. The summed E-state index contributed by atoms with van der Waals surface area (Å²) in [7, 11) is 1.65. The van der Waals surface area contributed by atoms with Crippen LogP contribution in [0.15, 0.2) is 48.8 Å². The highest BCUT2D eigenvalue weighted by molar-refractivity contribution is 6.42. The van der Waals surface area contributed by atoms with Gasteiger partial charge in [-0.15, -0.1) is 0 Å². The van der Waals surface area contributed by atoms with E-state index in [0.29, 0.717) is 47.5 Å². The number of benzene rings is 2. The summed E-state index contributed by atoms with van der Waals surface area (Å²) in [5.41, 5.74) is 1.37. The highest BCUT2D eigenvalue weighted by Crippen LogP contribution is 2.31. The van der Waals surface area contributed by atoms with Gasteiger partial charge in [-0.1, -0.05) is 29.3 Å². The first kappa shape index (κ1) is 26.6. The molecule has 2 aromatic carbocycles. The van der Waals surface area contributed by atoms with Gasteiger partial charge in [-0.2, -0.15) is 5.10 Å². The molecule has 0 bridgehead atoms. The molecule has 1 aromatic heterocycles. The molecule has 0 radical (unpaired) electrons. The van der Waals surface area contributed by atoms with Gasteiger partial charge in [0, 0.05) is 25.4 Å². The minimum absolute atomic E-state index is 0.217. The molecule has 9 heteroatoms. The Kier molecular flexibility index (Phi) is 9.01. The lowest BCUT2D eigenvalue weighted by Gasteiger charge is -2.27. The zero-order valence-electron chi connectivity index (χ0n) is 20.8. The molecule has 1 saturated heterocycles. The molecule has 1 atom stereocenters. The molecule has 3 aromatic rings. The van der Waals surface area contributed by atoms with Crippen molar-refractivity contribution in [2.24, 2.45) is 0 Å². The minimum atomic E-state index is -0.889. The number of methoxy groups -OCH3 is 1. The lowest BCUT2D eigenvalue weighted by atomic mass is 9.96. The fourth-order valence-electron chi connectivity index (χ4n) is 4.35. The Morgan fingerprint density at radius 2 is 1.89 bits per heavy atom. The fourth-order valence-corrected chi connectivity index (χ4v) is 4.64. The predicted molar refractivity (Wildman–Crippen MR) is 141 cm³/mol. The van der Waals surface area contributed by atoms with Crippen LogP contribution in [-0.2, 0) is 13.1 Å². The van der Waals surface area contributed by atoms with E-state index in [2.05, 4.69) is 16.1 Å². The molecule has 1 N–H and O–H groups in total. The number of aliphatic hydroxyl groups is 1. The van der Waals surface area contributed by atoms with Crippen molar-refractivity contribution in [2.75, 3.05) is 33.4 Å². The zero-order valence-corrected chi connectivity index (χ0v) is 22.3. The highest BCUT2D eigenvalue weighted by atomic mass is 35.5. The van der Waals surface area contributed by atoms with Crippen LogP contribution in [0.4, 0.5) is 0 Å². The van der Waals surface area contributed by atoms with Crippen molar-refractivity contribution in [1.82, 2.24) is 14.7 Å².